The van der Waals surface area contributed by atoms with Gasteiger partial charge in [0, 0.05) is 13.0 Å². The van der Waals surface area contributed by atoms with Crippen molar-refractivity contribution in [1.82, 2.24) is 0 Å². The maximum atomic E-state index is 9.92. The van der Waals surface area contributed by atoms with E-state index in [0.29, 0.717) is 6.54 Å². The summed E-state index contributed by atoms with van der Waals surface area (Å²) in [5, 5.41) is 9.92. The zero-order valence-electron chi connectivity index (χ0n) is 8.05. The van der Waals surface area contributed by atoms with Crippen LogP contribution in [0, 0.1) is 5.21 Å². The second-order valence-electron chi connectivity index (χ2n) is 2.98. The average Bonchev–Trinajstić information content (AvgIpc) is 2.10. The molecule has 0 spiro atoms. The maximum Gasteiger partial charge on any atom is 0.0774 e. The van der Waals surface area contributed by atoms with Gasteiger partial charge in [-0.2, -0.15) is 0 Å². The van der Waals surface area contributed by atoms with Gasteiger partial charge in [-0.05, 0) is 6.42 Å². The van der Waals surface area contributed by atoms with E-state index < -0.39 is 0 Å². The number of ether oxygens (including phenoxy) is 1. The van der Waals surface area contributed by atoms with Gasteiger partial charge in [0.25, 0.3) is 0 Å². The topological polar surface area (TPSA) is 48.9 Å². The minimum Gasteiger partial charge on any atom is -0.636 e. The minimum atomic E-state index is 0.634. The van der Waals surface area contributed by atoms with Crippen molar-refractivity contribution in [2.24, 2.45) is 0 Å². The molecule has 12 heavy (non-hydrogen) atoms. The third-order valence-corrected chi connectivity index (χ3v) is 1.75. The Hall–Kier alpha value is -0.120. The van der Waals surface area contributed by atoms with E-state index in [4.69, 9.17) is 4.74 Å². The molecule has 0 saturated carbocycles. The smallest absolute Gasteiger partial charge is 0.0774 e. The van der Waals surface area contributed by atoms with E-state index >= 15 is 0 Å². The predicted octanol–water partition coefficient (Wildman–Crippen LogP) is 1.03. The maximum absolute atomic E-state index is 9.92. The lowest BCUT2D eigenvalue weighted by Gasteiger charge is -2.04. The van der Waals surface area contributed by atoms with Crippen LogP contribution in [0.5, 0.6) is 0 Å². The molecule has 0 rings (SSSR count). The number of hydrogen-bond donors (Lipinski definition) is 1. The van der Waals surface area contributed by atoms with Crippen LogP contribution < -0.4 is 5.48 Å². The van der Waals surface area contributed by atoms with Gasteiger partial charge in [-0.1, -0.05) is 26.2 Å². The Kier molecular flexibility index (Phi) is 10.8. The monoisotopic (exact) mass is 175 g/mol. The normalized spacial score (nSPS) is 10.5. The summed E-state index contributed by atoms with van der Waals surface area (Å²) >= 11 is 0. The lowest BCUT2D eigenvalue weighted by Crippen LogP contribution is -2.77. The lowest BCUT2D eigenvalue weighted by atomic mass is 10.2. The van der Waals surface area contributed by atoms with Gasteiger partial charge < -0.3 is 15.4 Å². The van der Waals surface area contributed by atoms with Crippen molar-refractivity contribution in [1.29, 1.82) is 0 Å². The molecule has 0 radical (unpaired) electrons. The highest BCUT2D eigenvalue weighted by atomic mass is 16.5. The van der Waals surface area contributed by atoms with Crippen molar-refractivity contribution in [3.05, 3.63) is 5.21 Å². The van der Waals surface area contributed by atoms with Crippen molar-refractivity contribution < 1.29 is 10.2 Å². The molecule has 0 bridgehead atoms. The van der Waals surface area contributed by atoms with E-state index in [1.165, 1.54) is 19.3 Å². The first kappa shape index (κ1) is 11.9. The predicted molar refractivity (Wildman–Crippen MR) is 49.7 cm³/mol. The first-order valence-electron chi connectivity index (χ1n) is 4.93. The molecule has 0 aliphatic heterocycles. The van der Waals surface area contributed by atoms with Crippen LogP contribution in [0.4, 0.5) is 0 Å². The van der Waals surface area contributed by atoms with Gasteiger partial charge in [-0.25, -0.2) is 0 Å². The third kappa shape index (κ3) is 9.88. The third-order valence-electron chi connectivity index (χ3n) is 1.75. The van der Waals surface area contributed by atoms with E-state index in [-0.39, 0.29) is 0 Å². The summed E-state index contributed by atoms with van der Waals surface area (Å²) in [6.07, 6.45) is 5.87. The zero-order valence-corrected chi connectivity index (χ0v) is 8.05. The SMILES string of the molecule is CCCCCCOCCC[NH2+][O-]. The molecule has 0 amide bonds. The van der Waals surface area contributed by atoms with Crippen molar-refractivity contribution in [3.63, 3.8) is 0 Å². The van der Waals surface area contributed by atoms with E-state index in [2.05, 4.69) is 6.92 Å². The van der Waals surface area contributed by atoms with Crippen LogP contribution in [-0.4, -0.2) is 19.8 Å². The molecule has 0 atom stereocenters. The fourth-order valence-corrected chi connectivity index (χ4v) is 1.00. The van der Waals surface area contributed by atoms with E-state index in [1.807, 2.05) is 0 Å². The second kappa shape index (κ2) is 10.9. The summed E-state index contributed by atoms with van der Waals surface area (Å²) in [4.78, 5) is 0. The van der Waals surface area contributed by atoms with Crippen LogP contribution in [0.15, 0.2) is 0 Å². The van der Waals surface area contributed by atoms with Crippen molar-refractivity contribution >= 4 is 0 Å². The molecular weight excluding hydrogens is 154 g/mol. The van der Waals surface area contributed by atoms with E-state index in [0.717, 1.165) is 31.5 Å². The Labute approximate surface area is 75.1 Å². The van der Waals surface area contributed by atoms with Gasteiger partial charge in [-0.15, -0.1) is 0 Å². The minimum absolute atomic E-state index is 0.634. The molecule has 74 valence electrons. The zero-order chi connectivity index (χ0) is 9.07. The standard InChI is InChI=1S/C9H21NO2/c1-2-3-4-5-8-12-9-6-7-10-11/h2-10H2,1H3. The van der Waals surface area contributed by atoms with Gasteiger partial charge in [-0.3, -0.25) is 0 Å². The number of rotatable bonds is 9. The summed E-state index contributed by atoms with van der Waals surface area (Å²) in [5.74, 6) is 0. The summed E-state index contributed by atoms with van der Waals surface area (Å²) in [6.45, 7) is 4.43. The van der Waals surface area contributed by atoms with Crippen LogP contribution in [0.1, 0.15) is 39.0 Å². The summed E-state index contributed by atoms with van der Waals surface area (Å²) < 4.78 is 5.32. The number of quaternary nitrogens is 1. The molecule has 0 fully saturated rings. The summed E-state index contributed by atoms with van der Waals surface area (Å²) in [7, 11) is 0. The van der Waals surface area contributed by atoms with Gasteiger partial charge >= 0.3 is 0 Å². The molecule has 0 aromatic carbocycles. The highest BCUT2D eigenvalue weighted by Crippen LogP contribution is 1.98. The number of hydrogen-bond acceptors (Lipinski definition) is 2. The molecule has 0 saturated heterocycles. The highest BCUT2D eigenvalue weighted by molar-refractivity contribution is 4.39. The number of nitrogens with two attached hydrogens (primary N) is 1. The largest absolute Gasteiger partial charge is 0.636 e. The Morgan fingerprint density at radius 2 is 1.83 bits per heavy atom. The Morgan fingerprint density at radius 1 is 1.08 bits per heavy atom. The first-order valence-corrected chi connectivity index (χ1v) is 4.93. The lowest BCUT2D eigenvalue weighted by molar-refractivity contribution is -0.589. The van der Waals surface area contributed by atoms with Crippen LogP contribution >= 0.6 is 0 Å². The van der Waals surface area contributed by atoms with Crippen LogP contribution in [0.3, 0.4) is 0 Å². The number of hydroxylamine groups is 1. The van der Waals surface area contributed by atoms with E-state index in [1.54, 1.807) is 0 Å². The molecule has 3 nitrogen and oxygen atoms in total. The fraction of sp³-hybridized carbons (Fsp3) is 1.00. The molecule has 0 aromatic heterocycles. The van der Waals surface area contributed by atoms with E-state index in [9.17, 15) is 5.21 Å². The molecule has 0 aliphatic rings. The molecule has 0 heterocycles. The fourth-order valence-electron chi connectivity index (χ4n) is 1.00. The molecule has 2 N–H and O–H groups in total. The molecular formula is C9H21NO2. The van der Waals surface area contributed by atoms with Crippen molar-refractivity contribution in [2.75, 3.05) is 19.8 Å². The molecule has 0 aromatic rings. The average molecular weight is 175 g/mol. The molecule has 3 heteroatoms. The van der Waals surface area contributed by atoms with Crippen molar-refractivity contribution in [3.8, 4) is 0 Å². The van der Waals surface area contributed by atoms with Crippen molar-refractivity contribution in [2.45, 2.75) is 39.0 Å². The Balaban J connectivity index is 2.73. The Morgan fingerprint density at radius 3 is 2.50 bits per heavy atom. The van der Waals surface area contributed by atoms with Crippen LogP contribution in [0.2, 0.25) is 0 Å². The van der Waals surface area contributed by atoms with Gasteiger partial charge in [0.15, 0.2) is 0 Å². The van der Waals surface area contributed by atoms with Crippen LogP contribution in [-0.2, 0) is 4.74 Å². The molecule has 0 unspecified atom stereocenters. The summed E-state index contributed by atoms with van der Waals surface area (Å²) in [5.41, 5.74) is 0.945. The Bertz CT molecular complexity index is 68.9. The molecule has 0 aliphatic carbocycles. The second-order valence-corrected chi connectivity index (χ2v) is 2.98. The quantitative estimate of drug-likeness (QED) is 0.420. The van der Waals surface area contributed by atoms with Gasteiger partial charge in [0.05, 0.1) is 13.2 Å². The van der Waals surface area contributed by atoms with Crippen LogP contribution in [0.25, 0.3) is 0 Å². The van der Waals surface area contributed by atoms with Gasteiger partial charge in [0.1, 0.15) is 0 Å². The van der Waals surface area contributed by atoms with Gasteiger partial charge in [0.2, 0.25) is 0 Å². The summed E-state index contributed by atoms with van der Waals surface area (Å²) in [6, 6.07) is 0. The number of unbranched alkanes of at least 4 members (excludes halogenated alkanes) is 3. The first-order chi connectivity index (χ1) is 5.91. The highest BCUT2D eigenvalue weighted by Gasteiger charge is 1.89.